The Morgan fingerprint density at radius 3 is 2.17 bits per heavy atom. The molecule has 0 bridgehead atoms. The standard InChI is InChI=1S/C30H37N5O5S/c1-29(2,3)39-27(37)33-23-10-9-20(25-8-7-15-41-25)16-21(23)17-24(36)26-31-18-22(19-32-26)34-11-13-35(14-12-34)28(38)40-30(4,5)6/h7-10,15-16,18-19H,11-14,17H2,1-6H3,(H,33,37). The Morgan fingerprint density at radius 2 is 1.59 bits per heavy atom. The summed E-state index contributed by atoms with van der Waals surface area (Å²) in [6.07, 6.45) is 2.34. The number of ether oxygens (including phenoxy) is 2. The van der Waals surface area contributed by atoms with Crippen molar-refractivity contribution in [3.63, 3.8) is 0 Å². The second-order valence-electron chi connectivity index (χ2n) is 11.8. The van der Waals surface area contributed by atoms with E-state index in [4.69, 9.17) is 9.47 Å². The quantitative estimate of drug-likeness (QED) is 0.352. The molecule has 0 spiro atoms. The number of aromatic nitrogens is 2. The lowest BCUT2D eigenvalue weighted by molar-refractivity contribution is 0.0240. The van der Waals surface area contributed by atoms with Crippen molar-refractivity contribution in [1.82, 2.24) is 14.9 Å². The lowest BCUT2D eigenvalue weighted by Crippen LogP contribution is -2.50. The van der Waals surface area contributed by atoms with Crippen LogP contribution in [0.5, 0.6) is 0 Å². The highest BCUT2D eigenvalue weighted by Crippen LogP contribution is 2.30. The van der Waals surface area contributed by atoms with Crippen LogP contribution in [0.3, 0.4) is 0 Å². The smallest absolute Gasteiger partial charge is 0.412 e. The average Bonchev–Trinajstić information content (AvgIpc) is 3.43. The van der Waals surface area contributed by atoms with Crippen LogP contribution in [0.25, 0.3) is 10.4 Å². The van der Waals surface area contributed by atoms with Crippen molar-refractivity contribution in [1.29, 1.82) is 0 Å². The summed E-state index contributed by atoms with van der Waals surface area (Å²) >= 11 is 1.59. The number of ketones is 1. The summed E-state index contributed by atoms with van der Waals surface area (Å²) in [6, 6.07) is 9.55. The first-order valence-corrected chi connectivity index (χ1v) is 14.4. The van der Waals surface area contributed by atoms with E-state index in [-0.39, 0.29) is 24.1 Å². The molecule has 1 fully saturated rings. The van der Waals surface area contributed by atoms with E-state index < -0.39 is 17.3 Å². The number of carbonyl (C=O) groups excluding carboxylic acids is 3. The molecule has 0 unspecified atom stereocenters. The molecule has 3 heterocycles. The van der Waals surface area contributed by atoms with Gasteiger partial charge < -0.3 is 19.3 Å². The molecule has 1 aliphatic heterocycles. The van der Waals surface area contributed by atoms with Crippen molar-refractivity contribution in [3.8, 4) is 10.4 Å². The van der Waals surface area contributed by atoms with Gasteiger partial charge in [0.25, 0.3) is 0 Å². The molecule has 2 amide bonds. The maximum absolute atomic E-state index is 13.3. The molecule has 2 aromatic heterocycles. The number of piperazine rings is 1. The van der Waals surface area contributed by atoms with Crippen molar-refractivity contribution >= 4 is 40.7 Å². The average molecular weight is 580 g/mol. The molecule has 0 saturated carbocycles. The number of hydrogen-bond acceptors (Lipinski definition) is 9. The van der Waals surface area contributed by atoms with Crippen LogP contribution in [0.4, 0.5) is 21.0 Å². The largest absolute Gasteiger partial charge is 0.444 e. The third-order valence-electron chi connectivity index (χ3n) is 6.08. The number of benzene rings is 1. The van der Waals surface area contributed by atoms with Gasteiger partial charge in [-0.05, 0) is 76.2 Å². The lowest BCUT2D eigenvalue weighted by atomic mass is 10.0. The van der Waals surface area contributed by atoms with E-state index in [0.717, 1.165) is 16.1 Å². The second-order valence-corrected chi connectivity index (χ2v) is 12.7. The van der Waals surface area contributed by atoms with Gasteiger partial charge in [0.05, 0.1) is 18.1 Å². The molecule has 218 valence electrons. The Hall–Kier alpha value is -3.99. The van der Waals surface area contributed by atoms with Gasteiger partial charge in [0.2, 0.25) is 5.78 Å². The Kier molecular flexibility index (Phi) is 8.96. The Balaban J connectivity index is 1.44. The molecule has 3 aromatic rings. The zero-order valence-electron chi connectivity index (χ0n) is 24.4. The van der Waals surface area contributed by atoms with Gasteiger partial charge in [0.15, 0.2) is 5.82 Å². The summed E-state index contributed by atoms with van der Waals surface area (Å²) in [6.45, 7) is 13.2. The summed E-state index contributed by atoms with van der Waals surface area (Å²) in [5.41, 5.74) is 1.65. The van der Waals surface area contributed by atoms with Gasteiger partial charge in [0.1, 0.15) is 11.2 Å². The molecule has 0 radical (unpaired) electrons. The number of thiophene rings is 1. The van der Waals surface area contributed by atoms with Crippen molar-refractivity contribution in [3.05, 3.63) is 59.5 Å². The van der Waals surface area contributed by atoms with Gasteiger partial charge in [-0.1, -0.05) is 12.1 Å². The second kappa shape index (κ2) is 12.3. The topological polar surface area (TPSA) is 114 Å². The maximum atomic E-state index is 13.3. The van der Waals surface area contributed by atoms with Crippen molar-refractivity contribution in [2.75, 3.05) is 36.4 Å². The van der Waals surface area contributed by atoms with Crippen LogP contribution in [0.2, 0.25) is 0 Å². The summed E-state index contributed by atoms with van der Waals surface area (Å²) in [4.78, 5) is 51.6. The first-order chi connectivity index (χ1) is 19.3. The monoisotopic (exact) mass is 579 g/mol. The van der Waals surface area contributed by atoms with Gasteiger partial charge in [-0.15, -0.1) is 11.3 Å². The van der Waals surface area contributed by atoms with Crippen molar-refractivity contribution in [2.24, 2.45) is 0 Å². The van der Waals surface area contributed by atoms with Crippen LogP contribution >= 0.6 is 11.3 Å². The summed E-state index contributed by atoms with van der Waals surface area (Å²) in [5, 5.41) is 4.76. The Morgan fingerprint density at radius 1 is 0.927 bits per heavy atom. The highest BCUT2D eigenvalue weighted by Gasteiger charge is 2.26. The number of carbonyl (C=O) groups is 3. The van der Waals surface area contributed by atoms with Crippen LogP contribution in [-0.4, -0.2) is 70.2 Å². The highest BCUT2D eigenvalue weighted by atomic mass is 32.1. The molecule has 11 heteroatoms. The van der Waals surface area contributed by atoms with Gasteiger partial charge >= 0.3 is 12.2 Å². The normalized spacial score (nSPS) is 14.0. The number of amides is 2. The van der Waals surface area contributed by atoms with Crippen LogP contribution in [0.15, 0.2) is 48.1 Å². The molecule has 10 nitrogen and oxygen atoms in total. The number of hydrogen-bond donors (Lipinski definition) is 1. The third kappa shape index (κ3) is 8.50. The minimum Gasteiger partial charge on any atom is -0.444 e. The number of nitrogens with zero attached hydrogens (tertiary/aromatic N) is 4. The van der Waals surface area contributed by atoms with Crippen LogP contribution in [-0.2, 0) is 15.9 Å². The molecule has 1 aliphatic rings. The predicted octanol–water partition coefficient (Wildman–Crippen LogP) is 6.03. The number of rotatable bonds is 6. The van der Waals surface area contributed by atoms with Gasteiger partial charge in [-0.25, -0.2) is 19.6 Å². The van der Waals surface area contributed by atoms with E-state index >= 15 is 0 Å². The van der Waals surface area contributed by atoms with Gasteiger partial charge in [0, 0.05) is 43.2 Å². The number of Topliss-reactive ketones (excluding diaryl/α,β-unsaturated/α-hetero) is 1. The minimum absolute atomic E-state index is 0.00173. The molecular weight excluding hydrogens is 542 g/mol. The Bertz CT molecular complexity index is 1370. The molecule has 0 aliphatic carbocycles. The number of nitrogens with one attached hydrogen (secondary N) is 1. The summed E-state index contributed by atoms with van der Waals surface area (Å²) in [5.74, 6) is -0.187. The molecule has 0 atom stereocenters. The first kappa shape index (κ1) is 30.0. The lowest BCUT2D eigenvalue weighted by Gasteiger charge is -2.36. The van der Waals surface area contributed by atoms with Crippen molar-refractivity contribution < 1.29 is 23.9 Å². The van der Waals surface area contributed by atoms with Crippen LogP contribution < -0.4 is 10.2 Å². The maximum Gasteiger partial charge on any atom is 0.412 e. The molecule has 1 saturated heterocycles. The van der Waals surface area contributed by atoms with Crippen LogP contribution in [0.1, 0.15) is 57.7 Å². The Labute approximate surface area is 244 Å². The fourth-order valence-corrected chi connectivity index (χ4v) is 4.95. The van der Waals surface area contributed by atoms with Crippen LogP contribution in [0, 0.1) is 0 Å². The molecule has 4 rings (SSSR count). The summed E-state index contributed by atoms with van der Waals surface area (Å²) in [7, 11) is 0. The zero-order valence-corrected chi connectivity index (χ0v) is 25.2. The van der Waals surface area contributed by atoms with Gasteiger partial charge in [-0.2, -0.15) is 0 Å². The molecular formula is C30H37N5O5S. The SMILES string of the molecule is CC(C)(C)OC(=O)Nc1ccc(-c2cccs2)cc1CC(=O)c1ncc(N2CCN(C(=O)OC(C)(C)C)CC2)cn1. The minimum atomic E-state index is -0.658. The zero-order chi connectivity index (χ0) is 29.8. The first-order valence-electron chi connectivity index (χ1n) is 13.5. The van der Waals surface area contributed by atoms with E-state index in [0.29, 0.717) is 37.4 Å². The molecule has 1 N–H and O–H groups in total. The third-order valence-corrected chi connectivity index (χ3v) is 7.00. The summed E-state index contributed by atoms with van der Waals surface area (Å²) < 4.78 is 10.9. The fraction of sp³-hybridized carbons (Fsp3) is 0.433. The van der Waals surface area contributed by atoms with E-state index in [2.05, 4.69) is 20.2 Å². The van der Waals surface area contributed by atoms with E-state index in [1.807, 2.05) is 50.4 Å². The van der Waals surface area contributed by atoms with E-state index in [1.54, 1.807) is 55.5 Å². The fourth-order valence-electron chi connectivity index (χ4n) is 4.23. The molecule has 41 heavy (non-hydrogen) atoms. The predicted molar refractivity (Wildman–Crippen MR) is 160 cm³/mol. The van der Waals surface area contributed by atoms with Crippen molar-refractivity contribution in [2.45, 2.75) is 59.2 Å². The molecule has 1 aromatic carbocycles. The van der Waals surface area contributed by atoms with Gasteiger partial charge in [-0.3, -0.25) is 10.1 Å². The van der Waals surface area contributed by atoms with E-state index in [1.165, 1.54) is 0 Å². The number of anilines is 2. The highest BCUT2D eigenvalue weighted by molar-refractivity contribution is 7.13. The van der Waals surface area contributed by atoms with E-state index in [9.17, 15) is 14.4 Å².